The topological polar surface area (TPSA) is 21.7 Å². The number of hydrogen-bond donors (Lipinski definition) is 0. The maximum absolute atomic E-state index is 13.3. The molecule has 1 saturated carbocycles. The van der Waals surface area contributed by atoms with Gasteiger partial charge in [-0.05, 0) is 42.5 Å². The highest BCUT2D eigenvalue weighted by atomic mass is 19.1. The standard InChI is InChI=1S/C23H26FNO2/c24-19-9-7-16(8-10-19)11-25-12-18(14-26-13-17-5-6-17)21-15-27-22-4-2-1-3-20(22)23(21)25/h1-4,7-10,17-18,21,23H,5-6,11-15H2/t18-,21-,23-/m0/s1. The van der Waals surface area contributed by atoms with Crippen LogP contribution in [0.1, 0.15) is 30.0 Å². The monoisotopic (exact) mass is 367 g/mol. The van der Waals surface area contributed by atoms with Crippen molar-refractivity contribution in [3.05, 3.63) is 65.5 Å². The molecule has 0 spiro atoms. The van der Waals surface area contributed by atoms with Crippen LogP contribution in [-0.4, -0.2) is 31.3 Å². The molecule has 0 unspecified atom stereocenters. The van der Waals surface area contributed by atoms with Gasteiger partial charge in [-0.1, -0.05) is 30.3 Å². The zero-order valence-corrected chi connectivity index (χ0v) is 15.5. The number of nitrogens with zero attached hydrogens (tertiary/aromatic N) is 1. The van der Waals surface area contributed by atoms with Gasteiger partial charge < -0.3 is 9.47 Å². The van der Waals surface area contributed by atoms with Crippen LogP contribution >= 0.6 is 0 Å². The lowest BCUT2D eigenvalue weighted by Gasteiger charge is -2.34. The average Bonchev–Trinajstić information content (AvgIpc) is 3.45. The first kappa shape index (κ1) is 17.2. The average molecular weight is 367 g/mol. The number of ether oxygens (including phenoxy) is 2. The predicted octanol–water partition coefficient (Wildman–Crippen LogP) is 4.43. The third-order valence-corrected chi connectivity index (χ3v) is 6.22. The van der Waals surface area contributed by atoms with Crippen LogP contribution in [0.15, 0.2) is 48.5 Å². The van der Waals surface area contributed by atoms with Gasteiger partial charge in [-0.2, -0.15) is 0 Å². The van der Waals surface area contributed by atoms with Gasteiger partial charge in [0.2, 0.25) is 0 Å². The summed E-state index contributed by atoms with van der Waals surface area (Å²) in [4.78, 5) is 2.53. The van der Waals surface area contributed by atoms with E-state index in [4.69, 9.17) is 9.47 Å². The summed E-state index contributed by atoms with van der Waals surface area (Å²) in [6.45, 7) is 4.29. The molecule has 0 bridgehead atoms. The molecule has 27 heavy (non-hydrogen) atoms. The molecular weight excluding hydrogens is 341 g/mol. The number of likely N-dealkylation sites (tertiary alicyclic amines) is 1. The van der Waals surface area contributed by atoms with Crippen molar-refractivity contribution in [2.75, 3.05) is 26.4 Å². The Morgan fingerprint density at radius 2 is 1.85 bits per heavy atom. The van der Waals surface area contributed by atoms with Crippen molar-refractivity contribution in [1.29, 1.82) is 0 Å². The predicted molar refractivity (Wildman–Crippen MR) is 102 cm³/mol. The number of fused-ring (bicyclic) bond motifs is 3. The first-order chi connectivity index (χ1) is 13.3. The van der Waals surface area contributed by atoms with E-state index >= 15 is 0 Å². The molecule has 3 atom stereocenters. The fraction of sp³-hybridized carbons (Fsp3) is 0.478. The highest BCUT2D eigenvalue weighted by Gasteiger charge is 2.46. The van der Waals surface area contributed by atoms with Crippen molar-refractivity contribution in [1.82, 2.24) is 4.90 Å². The van der Waals surface area contributed by atoms with E-state index in [9.17, 15) is 4.39 Å². The Labute approximate surface area is 160 Å². The molecule has 5 rings (SSSR count). The van der Waals surface area contributed by atoms with Crippen LogP contribution in [0, 0.1) is 23.6 Å². The Morgan fingerprint density at radius 3 is 2.67 bits per heavy atom. The maximum atomic E-state index is 13.3. The molecule has 0 aromatic heterocycles. The summed E-state index contributed by atoms with van der Waals surface area (Å²) in [5.41, 5.74) is 2.43. The normalized spacial score (nSPS) is 27.1. The van der Waals surface area contributed by atoms with Crippen molar-refractivity contribution in [3.63, 3.8) is 0 Å². The second-order valence-corrected chi connectivity index (χ2v) is 8.25. The molecule has 4 heteroatoms. The SMILES string of the molecule is Fc1ccc(CN2C[C@@H](COCC3CC3)[C@@H]3COc4ccccc4[C@@H]32)cc1. The Balaban J connectivity index is 1.37. The molecule has 2 fully saturated rings. The Bertz CT molecular complexity index is 789. The molecule has 2 aromatic rings. The number of halogens is 1. The fourth-order valence-corrected chi connectivity index (χ4v) is 4.61. The van der Waals surface area contributed by atoms with Crippen LogP contribution in [0.2, 0.25) is 0 Å². The largest absolute Gasteiger partial charge is 0.493 e. The molecule has 0 N–H and O–H groups in total. The quantitative estimate of drug-likeness (QED) is 0.754. The molecule has 1 aliphatic carbocycles. The first-order valence-electron chi connectivity index (χ1n) is 10.1. The number of para-hydroxylation sites is 1. The molecule has 0 amide bonds. The van der Waals surface area contributed by atoms with E-state index in [0.29, 0.717) is 17.9 Å². The van der Waals surface area contributed by atoms with E-state index in [1.165, 1.54) is 18.4 Å². The molecule has 2 aromatic carbocycles. The van der Waals surface area contributed by atoms with E-state index in [1.807, 2.05) is 18.2 Å². The summed E-state index contributed by atoms with van der Waals surface area (Å²) in [5, 5.41) is 0. The summed E-state index contributed by atoms with van der Waals surface area (Å²) >= 11 is 0. The maximum Gasteiger partial charge on any atom is 0.124 e. The van der Waals surface area contributed by atoms with Gasteiger partial charge in [0, 0.05) is 43.1 Å². The van der Waals surface area contributed by atoms with E-state index in [-0.39, 0.29) is 5.82 Å². The van der Waals surface area contributed by atoms with E-state index in [0.717, 1.165) is 50.1 Å². The third-order valence-electron chi connectivity index (χ3n) is 6.22. The van der Waals surface area contributed by atoms with Crippen LogP contribution in [0.3, 0.4) is 0 Å². The smallest absolute Gasteiger partial charge is 0.124 e. The van der Waals surface area contributed by atoms with E-state index in [1.54, 1.807) is 12.1 Å². The van der Waals surface area contributed by atoms with Gasteiger partial charge in [-0.25, -0.2) is 4.39 Å². The lowest BCUT2D eigenvalue weighted by molar-refractivity contribution is 0.0641. The summed E-state index contributed by atoms with van der Waals surface area (Å²) in [7, 11) is 0. The summed E-state index contributed by atoms with van der Waals surface area (Å²) in [6.07, 6.45) is 2.65. The number of benzene rings is 2. The molecule has 142 valence electrons. The van der Waals surface area contributed by atoms with Gasteiger partial charge in [-0.3, -0.25) is 4.90 Å². The van der Waals surface area contributed by atoms with Crippen molar-refractivity contribution in [3.8, 4) is 5.75 Å². The van der Waals surface area contributed by atoms with E-state index < -0.39 is 0 Å². The van der Waals surface area contributed by atoms with Crippen molar-refractivity contribution in [2.45, 2.75) is 25.4 Å². The second-order valence-electron chi connectivity index (χ2n) is 8.25. The molecular formula is C23H26FNO2. The van der Waals surface area contributed by atoms with Crippen LogP contribution < -0.4 is 4.74 Å². The molecule has 2 aliphatic heterocycles. The minimum atomic E-state index is -0.180. The summed E-state index contributed by atoms with van der Waals surface area (Å²) in [6, 6.07) is 15.6. The lowest BCUT2D eigenvalue weighted by atomic mass is 9.85. The van der Waals surface area contributed by atoms with E-state index in [2.05, 4.69) is 23.1 Å². The Kier molecular flexibility index (Phi) is 4.62. The minimum Gasteiger partial charge on any atom is -0.493 e. The number of hydrogen-bond acceptors (Lipinski definition) is 3. The highest BCUT2D eigenvalue weighted by molar-refractivity contribution is 5.39. The Hall–Kier alpha value is -1.91. The van der Waals surface area contributed by atoms with Gasteiger partial charge in [0.15, 0.2) is 0 Å². The molecule has 3 nitrogen and oxygen atoms in total. The molecule has 0 radical (unpaired) electrons. The zero-order valence-electron chi connectivity index (χ0n) is 15.5. The van der Waals surface area contributed by atoms with Crippen LogP contribution in [-0.2, 0) is 11.3 Å². The summed E-state index contributed by atoms with van der Waals surface area (Å²) < 4.78 is 25.4. The van der Waals surface area contributed by atoms with Gasteiger partial charge in [0.05, 0.1) is 13.2 Å². The van der Waals surface area contributed by atoms with Crippen LogP contribution in [0.25, 0.3) is 0 Å². The minimum absolute atomic E-state index is 0.180. The molecule has 1 saturated heterocycles. The second kappa shape index (κ2) is 7.25. The van der Waals surface area contributed by atoms with Gasteiger partial charge in [-0.15, -0.1) is 0 Å². The fourth-order valence-electron chi connectivity index (χ4n) is 4.61. The van der Waals surface area contributed by atoms with Crippen molar-refractivity contribution < 1.29 is 13.9 Å². The van der Waals surface area contributed by atoms with Crippen LogP contribution in [0.5, 0.6) is 5.75 Å². The highest BCUT2D eigenvalue weighted by Crippen LogP contribution is 2.48. The van der Waals surface area contributed by atoms with Crippen LogP contribution in [0.4, 0.5) is 4.39 Å². The van der Waals surface area contributed by atoms with Gasteiger partial charge in [0.25, 0.3) is 0 Å². The van der Waals surface area contributed by atoms with Gasteiger partial charge >= 0.3 is 0 Å². The Morgan fingerprint density at radius 1 is 1.04 bits per heavy atom. The van der Waals surface area contributed by atoms with Crippen molar-refractivity contribution in [2.24, 2.45) is 17.8 Å². The zero-order chi connectivity index (χ0) is 18.2. The lowest BCUT2D eigenvalue weighted by Crippen LogP contribution is -2.32. The van der Waals surface area contributed by atoms with Gasteiger partial charge in [0.1, 0.15) is 11.6 Å². The molecule has 3 aliphatic rings. The first-order valence-corrected chi connectivity index (χ1v) is 10.1. The molecule has 2 heterocycles. The number of rotatable bonds is 6. The summed E-state index contributed by atoms with van der Waals surface area (Å²) in [5.74, 6) is 2.53. The third kappa shape index (κ3) is 3.61. The van der Waals surface area contributed by atoms with Crippen molar-refractivity contribution >= 4 is 0 Å².